The van der Waals surface area contributed by atoms with E-state index >= 15 is 0 Å². The number of benzene rings is 1. The van der Waals surface area contributed by atoms with Crippen LogP contribution in [0.25, 0.3) is 0 Å². The molecular formula is C13H17IN2O3. The molecule has 0 aromatic heterocycles. The second-order valence-corrected chi connectivity index (χ2v) is 5.87. The highest BCUT2D eigenvalue weighted by molar-refractivity contribution is 14.1. The lowest BCUT2D eigenvalue weighted by atomic mass is 10.1. The third kappa shape index (κ3) is 4.70. The molecule has 19 heavy (non-hydrogen) atoms. The quantitative estimate of drug-likeness (QED) is 0.766. The number of aromatic hydroxyl groups is 1. The average Bonchev–Trinajstić information content (AvgIpc) is 2.29. The number of amides is 2. The highest BCUT2D eigenvalue weighted by Gasteiger charge is 2.19. The van der Waals surface area contributed by atoms with Crippen LogP contribution < -0.4 is 5.73 Å². The van der Waals surface area contributed by atoms with Crippen molar-refractivity contribution in [2.45, 2.75) is 13.8 Å². The van der Waals surface area contributed by atoms with E-state index in [1.54, 1.807) is 12.1 Å². The van der Waals surface area contributed by atoms with Gasteiger partial charge in [0.25, 0.3) is 5.91 Å². The summed E-state index contributed by atoms with van der Waals surface area (Å²) in [5, 5.41) is 9.62. The number of nitrogens with zero attached hydrogens (tertiary/aromatic N) is 1. The van der Waals surface area contributed by atoms with Crippen molar-refractivity contribution >= 4 is 34.4 Å². The van der Waals surface area contributed by atoms with Crippen molar-refractivity contribution < 1.29 is 14.7 Å². The molecule has 1 rings (SSSR count). The zero-order valence-corrected chi connectivity index (χ0v) is 13.0. The molecule has 0 spiro atoms. The number of nitrogens with two attached hydrogens (primary N) is 1. The molecule has 0 fully saturated rings. The summed E-state index contributed by atoms with van der Waals surface area (Å²) < 4.78 is 0.666. The molecule has 0 aliphatic heterocycles. The van der Waals surface area contributed by atoms with Crippen LogP contribution >= 0.6 is 22.6 Å². The van der Waals surface area contributed by atoms with E-state index in [0.717, 1.165) is 0 Å². The van der Waals surface area contributed by atoms with Gasteiger partial charge in [-0.1, -0.05) is 13.8 Å². The van der Waals surface area contributed by atoms with E-state index in [1.165, 1.54) is 11.0 Å². The number of carbonyl (C=O) groups is 2. The third-order valence-electron chi connectivity index (χ3n) is 2.41. The van der Waals surface area contributed by atoms with Crippen molar-refractivity contribution in [2.75, 3.05) is 13.1 Å². The Morgan fingerprint density at radius 2 is 2.05 bits per heavy atom. The molecule has 2 amide bonds. The molecule has 0 radical (unpaired) electrons. The number of rotatable bonds is 5. The van der Waals surface area contributed by atoms with E-state index in [9.17, 15) is 14.7 Å². The first-order chi connectivity index (χ1) is 8.81. The van der Waals surface area contributed by atoms with Crippen LogP contribution in [-0.4, -0.2) is 34.9 Å². The Morgan fingerprint density at radius 3 is 2.53 bits per heavy atom. The number of carbonyl (C=O) groups excluding carboxylic acids is 2. The minimum absolute atomic E-state index is 0.0509. The fourth-order valence-corrected chi connectivity index (χ4v) is 2.01. The summed E-state index contributed by atoms with van der Waals surface area (Å²) in [7, 11) is 0. The molecular weight excluding hydrogens is 359 g/mol. The second kappa shape index (κ2) is 6.74. The largest absolute Gasteiger partial charge is 0.507 e. The van der Waals surface area contributed by atoms with Crippen LogP contribution in [0.1, 0.15) is 24.2 Å². The van der Waals surface area contributed by atoms with Crippen LogP contribution in [0.2, 0.25) is 0 Å². The van der Waals surface area contributed by atoms with Gasteiger partial charge >= 0.3 is 0 Å². The number of halogens is 1. The molecule has 0 unspecified atom stereocenters. The maximum absolute atomic E-state index is 12.3. The first-order valence-corrected chi connectivity index (χ1v) is 6.95. The molecule has 104 valence electrons. The van der Waals surface area contributed by atoms with Crippen molar-refractivity contribution in [1.82, 2.24) is 4.90 Å². The SMILES string of the molecule is CC(C)CN(CC(N)=O)C(=O)c1ccc(I)c(O)c1. The van der Waals surface area contributed by atoms with E-state index in [4.69, 9.17) is 5.73 Å². The molecule has 0 saturated carbocycles. The lowest BCUT2D eigenvalue weighted by Gasteiger charge is -2.23. The maximum atomic E-state index is 12.3. The minimum Gasteiger partial charge on any atom is -0.507 e. The first-order valence-electron chi connectivity index (χ1n) is 5.87. The van der Waals surface area contributed by atoms with Gasteiger partial charge in [0.2, 0.25) is 5.91 Å². The van der Waals surface area contributed by atoms with Crippen molar-refractivity contribution in [3.63, 3.8) is 0 Å². The summed E-state index contributed by atoms with van der Waals surface area (Å²) in [6, 6.07) is 4.68. The predicted octanol–water partition coefficient (Wildman–Crippen LogP) is 1.58. The molecule has 0 bridgehead atoms. The van der Waals surface area contributed by atoms with Gasteiger partial charge in [0, 0.05) is 12.1 Å². The fraction of sp³-hybridized carbons (Fsp3) is 0.385. The zero-order valence-electron chi connectivity index (χ0n) is 10.9. The number of phenols is 1. The van der Waals surface area contributed by atoms with Crippen LogP contribution in [0.4, 0.5) is 0 Å². The van der Waals surface area contributed by atoms with Crippen molar-refractivity contribution in [3.8, 4) is 5.75 Å². The average molecular weight is 376 g/mol. The first kappa shape index (κ1) is 15.7. The molecule has 0 saturated heterocycles. The van der Waals surface area contributed by atoms with Gasteiger partial charge in [0.1, 0.15) is 5.75 Å². The molecule has 0 aliphatic carbocycles. The van der Waals surface area contributed by atoms with Crippen molar-refractivity contribution in [3.05, 3.63) is 27.3 Å². The Morgan fingerprint density at radius 1 is 1.42 bits per heavy atom. The molecule has 1 aromatic rings. The van der Waals surface area contributed by atoms with E-state index in [0.29, 0.717) is 15.7 Å². The summed E-state index contributed by atoms with van der Waals surface area (Å²) in [6.45, 7) is 4.22. The number of hydrogen-bond acceptors (Lipinski definition) is 3. The Hall–Kier alpha value is -1.31. The number of hydrogen-bond donors (Lipinski definition) is 2. The number of primary amides is 1. The monoisotopic (exact) mass is 376 g/mol. The molecule has 0 aliphatic rings. The predicted molar refractivity (Wildman–Crippen MR) is 80.8 cm³/mol. The summed E-state index contributed by atoms with van der Waals surface area (Å²) in [4.78, 5) is 24.7. The van der Waals surface area contributed by atoms with Crippen LogP contribution in [0.3, 0.4) is 0 Å². The highest BCUT2D eigenvalue weighted by Crippen LogP contribution is 2.21. The van der Waals surface area contributed by atoms with Gasteiger partial charge in [-0.2, -0.15) is 0 Å². The Bertz CT molecular complexity index is 489. The second-order valence-electron chi connectivity index (χ2n) is 4.71. The van der Waals surface area contributed by atoms with Crippen LogP contribution in [0.5, 0.6) is 5.75 Å². The van der Waals surface area contributed by atoms with Crippen LogP contribution in [0, 0.1) is 9.49 Å². The lowest BCUT2D eigenvalue weighted by molar-refractivity contribution is -0.118. The molecule has 1 aromatic carbocycles. The van der Waals surface area contributed by atoms with E-state index in [1.807, 2.05) is 36.4 Å². The topological polar surface area (TPSA) is 83.6 Å². The van der Waals surface area contributed by atoms with Gasteiger partial charge in [-0.15, -0.1) is 0 Å². The van der Waals surface area contributed by atoms with Gasteiger partial charge in [-0.05, 0) is 46.7 Å². The fourth-order valence-electron chi connectivity index (χ4n) is 1.68. The minimum atomic E-state index is -0.552. The van der Waals surface area contributed by atoms with E-state index in [2.05, 4.69) is 0 Å². The Balaban J connectivity index is 2.97. The Labute approximate surface area is 125 Å². The Kier molecular flexibility index (Phi) is 5.59. The smallest absolute Gasteiger partial charge is 0.254 e. The molecule has 6 heteroatoms. The van der Waals surface area contributed by atoms with Crippen LogP contribution in [-0.2, 0) is 4.79 Å². The van der Waals surface area contributed by atoms with Gasteiger partial charge < -0.3 is 15.7 Å². The normalized spacial score (nSPS) is 10.5. The van der Waals surface area contributed by atoms with Gasteiger partial charge in [-0.25, -0.2) is 0 Å². The standard InChI is InChI=1S/C13H17IN2O3/c1-8(2)6-16(7-12(15)18)13(19)9-3-4-10(14)11(17)5-9/h3-5,8,17H,6-7H2,1-2H3,(H2,15,18). The third-order valence-corrected chi connectivity index (χ3v) is 3.32. The van der Waals surface area contributed by atoms with Crippen molar-refractivity contribution in [1.29, 1.82) is 0 Å². The van der Waals surface area contributed by atoms with E-state index < -0.39 is 5.91 Å². The summed E-state index contributed by atoms with van der Waals surface area (Å²) in [5.74, 6) is -0.585. The molecule has 0 heterocycles. The van der Waals surface area contributed by atoms with Gasteiger partial charge in [0.15, 0.2) is 0 Å². The zero-order chi connectivity index (χ0) is 14.6. The van der Waals surface area contributed by atoms with Crippen molar-refractivity contribution in [2.24, 2.45) is 11.7 Å². The van der Waals surface area contributed by atoms with Gasteiger partial charge in [0.05, 0.1) is 10.1 Å². The summed E-state index contributed by atoms with van der Waals surface area (Å²) in [6.07, 6.45) is 0. The van der Waals surface area contributed by atoms with Crippen LogP contribution in [0.15, 0.2) is 18.2 Å². The van der Waals surface area contributed by atoms with Gasteiger partial charge in [-0.3, -0.25) is 9.59 Å². The lowest BCUT2D eigenvalue weighted by Crippen LogP contribution is -2.40. The molecule has 3 N–H and O–H groups in total. The number of phenolic OH excluding ortho intramolecular Hbond substituents is 1. The maximum Gasteiger partial charge on any atom is 0.254 e. The molecule has 0 atom stereocenters. The summed E-state index contributed by atoms with van der Waals surface area (Å²) >= 11 is 1.97. The highest BCUT2D eigenvalue weighted by atomic mass is 127. The summed E-state index contributed by atoms with van der Waals surface area (Å²) in [5.41, 5.74) is 5.50. The molecule has 5 nitrogen and oxygen atoms in total. The van der Waals surface area contributed by atoms with E-state index in [-0.39, 0.29) is 24.1 Å².